The molecule has 0 aliphatic carbocycles. The molecule has 2 aromatic heterocycles. The van der Waals surface area contributed by atoms with Gasteiger partial charge in [-0.05, 0) is 13.0 Å². The smallest absolute Gasteiger partial charge is 0.164 e. The summed E-state index contributed by atoms with van der Waals surface area (Å²) in [4.78, 5) is 8.00. The molecule has 4 atom stereocenters. The summed E-state index contributed by atoms with van der Waals surface area (Å²) in [6.07, 6.45) is 0.0378. The van der Waals surface area contributed by atoms with E-state index in [2.05, 4.69) is 9.97 Å². The monoisotopic (exact) mass is 280 g/mol. The van der Waals surface area contributed by atoms with Gasteiger partial charge in [0.2, 0.25) is 0 Å². The van der Waals surface area contributed by atoms with E-state index in [0.29, 0.717) is 16.9 Å². The van der Waals surface area contributed by atoms with Gasteiger partial charge in [-0.25, -0.2) is 9.97 Å². The first-order valence-corrected chi connectivity index (χ1v) is 6.20. The molecule has 1 aliphatic rings. The van der Waals surface area contributed by atoms with Crippen LogP contribution < -0.4 is 5.73 Å². The van der Waals surface area contributed by atoms with Crippen molar-refractivity contribution in [3.05, 3.63) is 18.6 Å². The van der Waals surface area contributed by atoms with Crippen LogP contribution in [-0.2, 0) is 4.74 Å². The number of hydrogen-bond acceptors (Lipinski definition) is 7. The number of nitrogens with zero attached hydrogens (tertiary/aromatic N) is 3. The third-order valence-corrected chi connectivity index (χ3v) is 3.80. The lowest BCUT2D eigenvalue weighted by molar-refractivity contribution is -0.0804. The zero-order chi connectivity index (χ0) is 14.5. The van der Waals surface area contributed by atoms with Crippen molar-refractivity contribution in [2.45, 2.75) is 31.0 Å². The van der Waals surface area contributed by atoms with Crippen LogP contribution in [0.25, 0.3) is 11.0 Å². The Bertz CT molecular complexity index is 641. The lowest BCUT2D eigenvalue weighted by Gasteiger charge is -2.25. The molecule has 2 aromatic rings. The molecule has 20 heavy (non-hydrogen) atoms. The maximum atomic E-state index is 10.2. The van der Waals surface area contributed by atoms with Crippen molar-refractivity contribution in [2.24, 2.45) is 0 Å². The molecule has 4 unspecified atom stereocenters. The molecule has 0 radical (unpaired) electrons. The normalized spacial score (nSPS) is 33.9. The van der Waals surface area contributed by atoms with Gasteiger partial charge in [0.1, 0.15) is 35.6 Å². The van der Waals surface area contributed by atoms with Gasteiger partial charge in [-0.2, -0.15) is 0 Å². The highest BCUT2D eigenvalue weighted by Gasteiger charge is 2.52. The number of hydrogen-bond donors (Lipinski definition) is 4. The Morgan fingerprint density at radius 1 is 1.50 bits per heavy atom. The quantitative estimate of drug-likeness (QED) is 0.556. The van der Waals surface area contributed by atoms with Gasteiger partial charge in [0, 0.05) is 6.20 Å². The minimum Gasteiger partial charge on any atom is -0.394 e. The third kappa shape index (κ3) is 1.70. The second-order valence-electron chi connectivity index (χ2n) is 5.09. The van der Waals surface area contributed by atoms with Crippen molar-refractivity contribution in [3.63, 3.8) is 0 Å². The van der Waals surface area contributed by atoms with Crippen LogP contribution >= 0.6 is 0 Å². The highest BCUT2D eigenvalue weighted by atomic mass is 16.6. The Kier molecular flexibility index (Phi) is 2.91. The molecule has 8 heteroatoms. The van der Waals surface area contributed by atoms with Gasteiger partial charge >= 0.3 is 0 Å². The lowest BCUT2D eigenvalue weighted by Crippen LogP contribution is -2.46. The Balaban J connectivity index is 2.06. The van der Waals surface area contributed by atoms with Crippen LogP contribution in [0.4, 0.5) is 5.82 Å². The van der Waals surface area contributed by atoms with Crippen LogP contribution in [0.5, 0.6) is 0 Å². The molecule has 3 rings (SSSR count). The number of aliphatic hydroxyl groups excluding tert-OH is 2. The average molecular weight is 280 g/mol. The minimum atomic E-state index is -1.55. The van der Waals surface area contributed by atoms with Crippen LogP contribution in [0, 0.1) is 0 Å². The van der Waals surface area contributed by atoms with Gasteiger partial charge in [0.05, 0.1) is 12.0 Å². The lowest BCUT2D eigenvalue weighted by atomic mass is 9.95. The fraction of sp³-hybridized carbons (Fsp3) is 0.500. The topological polar surface area (TPSA) is 127 Å². The Labute approximate surface area is 114 Å². The number of aromatic nitrogens is 3. The number of rotatable bonds is 2. The molecule has 8 nitrogen and oxygen atoms in total. The van der Waals surface area contributed by atoms with Crippen molar-refractivity contribution in [3.8, 4) is 0 Å². The molecule has 1 saturated heterocycles. The van der Waals surface area contributed by atoms with E-state index in [1.807, 2.05) is 0 Å². The van der Waals surface area contributed by atoms with Crippen molar-refractivity contribution in [1.82, 2.24) is 14.5 Å². The van der Waals surface area contributed by atoms with E-state index in [9.17, 15) is 15.3 Å². The van der Waals surface area contributed by atoms with Crippen LogP contribution in [0.1, 0.15) is 13.2 Å². The highest BCUT2D eigenvalue weighted by Crippen LogP contribution is 2.38. The van der Waals surface area contributed by atoms with E-state index >= 15 is 0 Å². The number of anilines is 1. The van der Waals surface area contributed by atoms with E-state index in [1.54, 1.807) is 16.8 Å². The van der Waals surface area contributed by atoms with Gasteiger partial charge in [-0.3, -0.25) is 0 Å². The molecule has 1 aliphatic heterocycles. The Morgan fingerprint density at radius 3 is 2.90 bits per heavy atom. The fourth-order valence-corrected chi connectivity index (χ4v) is 2.50. The van der Waals surface area contributed by atoms with Crippen LogP contribution in [-0.4, -0.2) is 54.3 Å². The average Bonchev–Trinajstić information content (AvgIpc) is 2.92. The van der Waals surface area contributed by atoms with Crippen molar-refractivity contribution >= 4 is 16.9 Å². The van der Waals surface area contributed by atoms with Gasteiger partial charge < -0.3 is 30.4 Å². The molecule has 0 aromatic carbocycles. The number of nitrogen functional groups attached to an aromatic ring is 1. The fourth-order valence-electron chi connectivity index (χ4n) is 2.50. The van der Waals surface area contributed by atoms with E-state index in [-0.39, 0.29) is 0 Å². The molecule has 108 valence electrons. The summed E-state index contributed by atoms with van der Waals surface area (Å²) in [5.41, 5.74) is 4.70. The summed E-state index contributed by atoms with van der Waals surface area (Å²) < 4.78 is 7.11. The van der Waals surface area contributed by atoms with E-state index < -0.39 is 30.6 Å². The van der Waals surface area contributed by atoms with Crippen molar-refractivity contribution < 1.29 is 20.1 Å². The van der Waals surface area contributed by atoms with Gasteiger partial charge in [-0.1, -0.05) is 0 Å². The molecule has 0 saturated carbocycles. The largest absolute Gasteiger partial charge is 0.394 e. The molecular weight excluding hydrogens is 264 g/mol. The van der Waals surface area contributed by atoms with Crippen LogP contribution in [0.2, 0.25) is 0 Å². The zero-order valence-electron chi connectivity index (χ0n) is 10.8. The molecule has 0 spiro atoms. The first-order chi connectivity index (χ1) is 9.46. The minimum absolute atomic E-state index is 0.326. The number of ether oxygens (including phenoxy) is 1. The third-order valence-electron chi connectivity index (χ3n) is 3.80. The highest BCUT2D eigenvalue weighted by molar-refractivity contribution is 5.86. The molecule has 5 N–H and O–H groups in total. The summed E-state index contributed by atoms with van der Waals surface area (Å²) >= 11 is 0. The number of fused-ring (bicyclic) bond motifs is 1. The van der Waals surface area contributed by atoms with Crippen LogP contribution in [0.3, 0.4) is 0 Å². The predicted molar refractivity (Wildman–Crippen MR) is 69.6 cm³/mol. The Morgan fingerprint density at radius 2 is 2.25 bits per heavy atom. The molecule has 0 amide bonds. The van der Waals surface area contributed by atoms with Gasteiger partial charge in [-0.15, -0.1) is 0 Å². The number of aliphatic hydroxyl groups is 3. The molecule has 3 heterocycles. The van der Waals surface area contributed by atoms with Crippen LogP contribution in [0.15, 0.2) is 18.6 Å². The predicted octanol–water partition coefficient (Wildman–Crippen LogP) is -0.985. The molecule has 1 fully saturated rings. The summed E-state index contributed by atoms with van der Waals surface area (Å²) in [5.74, 6) is 0.326. The summed E-state index contributed by atoms with van der Waals surface area (Å²) in [7, 11) is 0. The molecular formula is C12H16N4O4. The van der Waals surface area contributed by atoms with E-state index in [1.165, 1.54) is 13.3 Å². The second kappa shape index (κ2) is 4.38. The van der Waals surface area contributed by atoms with Crippen molar-refractivity contribution in [2.75, 3.05) is 12.3 Å². The summed E-state index contributed by atoms with van der Waals surface area (Å²) in [6, 6.07) is 1.71. The zero-order valence-corrected chi connectivity index (χ0v) is 10.8. The first-order valence-electron chi connectivity index (χ1n) is 6.20. The maximum absolute atomic E-state index is 10.2. The van der Waals surface area contributed by atoms with Crippen molar-refractivity contribution in [1.29, 1.82) is 0 Å². The van der Waals surface area contributed by atoms with E-state index in [4.69, 9.17) is 10.5 Å². The number of nitrogens with two attached hydrogens (primary N) is 1. The van der Waals surface area contributed by atoms with Gasteiger partial charge in [0.15, 0.2) is 6.23 Å². The molecule has 0 bridgehead atoms. The Hall–Kier alpha value is -1.74. The summed E-state index contributed by atoms with van der Waals surface area (Å²) in [6.45, 7) is 1.03. The van der Waals surface area contributed by atoms with Gasteiger partial charge in [0.25, 0.3) is 0 Å². The first kappa shape index (κ1) is 13.3. The van der Waals surface area contributed by atoms with E-state index in [0.717, 1.165) is 0 Å². The standard InChI is InChI=1S/C12H16N4O4/c1-12(19)7(4-17)20-11(8(12)18)16-3-2-6-9(13)14-5-15-10(6)16/h2-3,5,7-8,11,17-19H,4H2,1H3,(H2,13,14,15). The second-order valence-corrected chi connectivity index (χ2v) is 5.09. The summed E-state index contributed by atoms with van der Waals surface area (Å²) in [5, 5.41) is 30.3. The SMILES string of the molecule is CC1(O)C(CO)OC(n2ccc3c(N)ncnc32)C1O. The maximum Gasteiger partial charge on any atom is 0.164 e.